The van der Waals surface area contributed by atoms with Gasteiger partial charge in [0.2, 0.25) is 5.89 Å². The van der Waals surface area contributed by atoms with Crippen molar-refractivity contribution in [3.8, 4) is 0 Å². The molecule has 0 saturated carbocycles. The summed E-state index contributed by atoms with van der Waals surface area (Å²) < 4.78 is 6.34. The molecule has 0 unspecified atom stereocenters. The van der Waals surface area contributed by atoms with Gasteiger partial charge >= 0.3 is 5.97 Å². The Labute approximate surface area is 89.9 Å². The lowest BCUT2D eigenvalue weighted by molar-refractivity contribution is -0.136. The van der Waals surface area contributed by atoms with Crippen molar-refractivity contribution in [1.82, 2.24) is 25.1 Å². The molecule has 8 heteroatoms. The van der Waals surface area contributed by atoms with E-state index in [1.165, 1.54) is 10.9 Å². The summed E-state index contributed by atoms with van der Waals surface area (Å²) in [6.45, 7) is 2.00. The van der Waals surface area contributed by atoms with Gasteiger partial charge in [0.1, 0.15) is 6.54 Å². The second-order valence-corrected chi connectivity index (χ2v) is 3.21. The van der Waals surface area contributed by atoms with Gasteiger partial charge in [0.15, 0.2) is 5.82 Å². The summed E-state index contributed by atoms with van der Waals surface area (Å²) in [4.78, 5) is 14.4. The third-order valence-electron chi connectivity index (χ3n) is 1.79. The van der Waals surface area contributed by atoms with Crippen LogP contribution in [0.5, 0.6) is 0 Å². The highest BCUT2D eigenvalue weighted by molar-refractivity contribution is 5.69. The van der Waals surface area contributed by atoms with Crippen molar-refractivity contribution < 1.29 is 14.4 Å². The van der Waals surface area contributed by atoms with E-state index in [1.54, 1.807) is 6.92 Å². The first-order valence-electron chi connectivity index (χ1n) is 4.53. The quantitative estimate of drug-likeness (QED) is 0.754. The number of carboxylic acids is 1. The highest BCUT2D eigenvalue weighted by Gasteiger charge is 2.08. The van der Waals surface area contributed by atoms with Gasteiger partial charge in [-0.15, -0.1) is 5.10 Å². The second-order valence-electron chi connectivity index (χ2n) is 3.21. The van der Waals surface area contributed by atoms with Crippen molar-refractivity contribution in [3.05, 3.63) is 23.6 Å². The number of carbonyl (C=O) groups is 1. The van der Waals surface area contributed by atoms with Crippen LogP contribution >= 0.6 is 0 Å². The average molecular weight is 223 g/mol. The van der Waals surface area contributed by atoms with Gasteiger partial charge in [0.25, 0.3) is 0 Å². The molecule has 0 atom stereocenters. The van der Waals surface area contributed by atoms with Gasteiger partial charge < -0.3 is 9.63 Å². The summed E-state index contributed by atoms with van der Waals surface area (Å²) in [5.41, 5.74) is 0.392. The summed E-state index contributed by atoms with van der Waals surface area (Å²) in [5, 5.41) is 19.6. The average Bonchev–Trinajstić information content (AvgIpc) is 2.76. The van der Waals surface area contributed by atoms with Gasteiger partial charge in [-0.2, -0.15) is 4.98 Å². The zero-order valence-corrected chi connectivity index (χ0v) is 8.49. The van der Waals surface area contributed by atoms with E-state index < -0.39 is 5.97 Å². The number of aryl methyl sites for hydroxylation is 1. The number of nitrogens with zero attached hydrogens (tertiary/aromatic N) is 5. The van der Waals surface area contributed by atoms with Crippen molar-refractivity contribution in [2.45, 2.75) is 19.9 Å². The van der Waals surface area contributed by atoms with Crippen molar-refractivity contribution >= 4 is 5.97 Å². The summed E-state index contributed by atoms with van der Waals surface area (Å²) in [6.07, 6.45) is 1.39. The van der Waals surface area contributed by atoms with Crippen LogP contribution in [0.4, 0.5) is 0 Å². The third kappa shape index (κ3) is 2.41. The van der Waals surface area contributed by atoms with Crippen LogP contribution < -0.4 is 0 Å². The first-order valence-corrected chi connectivity index (χ1v) is 4.53. The van der Waals surface area contributed by atoms with Crippen LogP contribution in [0.2, 0.25) is 0 Å². The lowest BCUT2D eigenvalue weighted by atomic mass is 10.3. The molecule has 2 aromatic heterocycles. The Kier molecular flexibility index (Phi) is 2.63. The first kappa shape index (κ1) is 10.3. The van der Waals surface area contributed by atoms with Gasteiger partial charge in [-0.05, 0) is 6.92 Å². The molecular formula is C8H9N5O3. The monoisotopic (exact) mass is 223 g/mol. The van der Waals surface area contributed by atoms with Gasteiger partial charge in [-0.25, -0.2) is 4.68 Å². The molecule has 0 aliphatic carbocycles. The Balaban J connectivity index is 2.05. The van der Waals surface area contributed by atoms with Crippen LogP contribution in [0.25, 0.3) is 0 Å². The lowest BCUT2D eigenvalue weighted by Gasteiger charge is -1.91. The van der Waals surface area contributed by atoms with E-state index in [4.69, 9.17) is 9.63 Å². The Morgan fingerprint density at radius 3 is 3.06 bits per heavy atom. The summed E-state index contributed by atoms with van der Waals surface area (Å²) in [6, 6.07) is 0. The largest absolute Gasteiger partial charge is 0.481 e. The maximum Gasteiger partial charge on any atom is 0.309 e. The van der Waals surface area contributed by atoms with Crippen LogP contribution in [-0.2, 0) is 17.8 Å². The molecule has 0 radical (unpaired) electrons. The topological polar surface area (TPSA) is 107 Å². The number of aromatic nitrogens is 5. The van der Waals surface area contributed by atoms with Crippen LogP contribution in [0.15, 0.2) is 10.7 Å². The number of carboxylic acid groups (broad SMARTS) is 1. The first-order chi connectivity index (χ1) is 7.63. The molecule has 0 aliphatic rings. The molecule has 0 aromatic carbocycles. The van der Waals surface area contributed by atoms with Crippen LogP contribution in [0.3, 0.4) is 0 Å². The number of hydrogen-bond acceptors (Lipinski definition) is 6. The predicted octanol–water partition coefficient (Wildman–Crippen LogP) is -0.355. The minimum absolute atomic E-state index is 0.150. The summed E-state index contributed by atoms with van der Waals surface area (Å²) >= 11 is 0. The molecule has 2 rings (SSSR count). The van der Waals surface area contributed by atoms with Crippen LogP contribution in [-0.4, -0.2) is 36.2 Å². The van der Waals surface area contributed by atoms with Crippen LogP contribution in [0.1, 0.15) is 17.4 Å². The maximum atomic E-state index is 10.4. The third-order valence-corrected chi connectivity index (χ3v) is 1.79. The molecule has 84 valence electrons. The summed E-state index contributed by atoms with van der Waals surface area (Å²) in [5.74, 6) is 0.00540. The zero-order chi connectivity index (χ0) is 11.5. The molecule has 0 bridgehead atoms. The number of hydrogen-bond donors (Lipinski definition) is 1. The van der Waals surface area contributed by atoms with Crippen molar-refractivity contribution in [3.63, 3.8) is 0 Å². The molecule has 16 heavy (non-hydrogen) atoms. The van der Waals surface area contributed by atoms with E-state index >= 15 is 0 Å². The molecule has 0 amide bonds. The number of rotatable bonds is 4. The van der Waals surface area contributed by atoms with E-state index in [0.29, 0.717) is 17.4 Å². The summed E-state index contributed by atoms with van der Waals surface area (Å²) in [7, 11) is 0. The normalized spacial score (nSPS) is 10.6. The number of aliphatic carboxylic acids is 1. The minimum atomic E-state index is -0.944. The second kappa shape index (κ2) is 4.09. The zero-order valence-electron chi connectivity index (χ0n) is 8.49. The molecule has 2 aromatic rings. The SMILES string of the molecule is Cc1noc(Cn2cc(CC(=O)O)nn2)n1. The van der Waals surface area contributed by atoms with E-state index in [-0.39, 0.29) is 13.0 Å². The molecule has 0 saturated heterocycles. The van der Waals surface area contributed by atoms with Gasteiger partial charge in [-0.1, -0.05) is 10.4 Å². The Morgan fingerprint density at radius 2 is 2.44 bits per heavy atom. The van der Waals surface area contributed by atoms with E-state index in [1.807, 2.05) is 0 Å². The van der Waals surface area contributed by atoms with E-state index in [9.17, 15) is 4.79 Å². The Bertz CT molecular complexity index is 503. The van der Waals surface area contributed by atoms with Crippen LogP contribution in [0, 0.1) is 6.92 Å². The molecule has 0 fully saturated rings. The van der Waals surface area contributed by atoms with Crippen molar-refractivity contribution in [2.24, 2.45) is 0 Å². The standard InChI is InChI=1S/C8H9N5O3/c1-5-9-7(16-11-5)4-13-3-6(10-12-13)2-8(14)15/h3H,2,4H2,1H3,(H,14,15). The van der Waals surface area contributed by atoms with Gasteiger partial charge in [-0.3, -0.25) is 4.79 Å². The highest BCUT2D eigenvalue weighted by atomic mass is 16.5. The fourth-order valence-corrected chi connectivity index (χ4v) is 1.19. The predicted molar refractivity (Wildman–Crippen MR) is 49.5 cm³/mol. The Morgan fingerprint density at radius 1 is 1.62 bits per heavy atom. The maximum absolute atomic E-state index is 10.4. The molecular weight excluding hydrogens is 214 g/mol. The molecule has 0 spiro atoms. The molecule has 0 aliphatic heterocycles. The smallest absolute Gasteiger partial charge is 0.309 e. The van der Waals surface area contributed by atoms with Gasteiger partial charge in [0.05, 0.1) is 12.1 Å². The molecule has 2 heterocycles. The Hall–Kier alpha value is -2.25. The van der Waals surface area contributed by atoms with E-state index in [0.717, 1.165) is 0 Å². The van der Waals surface area contributed by atoms with Crippen molar-refractivity contribution in [2.75, 3.05) is 0 Å². The molecule has 8 nitrogen and oxygen atoms in total. The van der Waals surface area contributed by atoms with Gasteiger partial charge in [0, 0.05) is 6.20 Å². The highest BCUT2D eigenvalue weighted by Crippen LogP contribution is 2.00. The molecule has 1 N–H and O–H groups in total. The van der Waals surface area contributed by atoms with E-state index in [2.05, 4.69) is 20.5 Å². The fraction of sp³-hybridized carbons (Fsp3) is 0.375. The van der Waals surface area contributed by atoms with Crippen molar-refractivity contribution in [1.29, 1.82) is 0 Å². The fourth-order valence-electron chi connectivity index (χ4n) is 1.19. The minimum Gasteiger partial charge on any atom is -0.481 e. The lowest BCUT2D eigenvalue weighted by Crippen LogP contribution is -2.01.